The van der Waals surface area contributed by atoms with Gasteiger partial charge in [0.25, 0.3) is 0 Å². The van der Waals surface area contributed by atoms with Crippen LogP contribution in [0.2, 0.25) is 0 Å². The summed E-state index contributed by atoms with van der Waals surface area (Å²) in [5.41, 5.74) is 2.21. The molecule has 1 amide bonds. The number of anilines is 1. The van der Waals surface area contributed by atoms with Gasteiger partial charge in [0.15, 0.2) is 5.82 Å². The first kappa shape index (κ1) is 18.6. The van der Waals surface area contributed by atoms with Crippen LogP contribution in [-0.2, 0) is 20.8 Å². The van der Waals surface area contributed by atoms with Crippen LogP contribution in [0.4, 0.5) is 10.6 Å². The molecule has 0 saturated heterocycles. The van der Waals surface area contributed by atoms with Crippen molar-refractivity contribution in [3.63, 3.8) is 0 Å². The molecule has 27 heavy (non-hydrogen) atoms. The molecule has 0 aliphatic rings. The number of amides is 1. The molecule has 0 aliphatic carbocycles. The predicted octanol–water partition coefficient (Wildman–Crippen LogP) is 3.70. The van der Waals surface area contributed by atoms with E-state index < -0.39 is 18.4 Å². The molecule has 2 heterocycles. The predicted molar refractivity (Wildman–Crippen MR) is 101 cm³/mol. The third-order valence-electron chi connectivity index (χ3n) is 3.84. The van der Waals surface area contributed by atoms with E-state index in [0.29, 0.717) is 17.3 Å². The number of imidazole rings is 1. The van der Waals surface area contributed by atoms with Gasteiger partial charge in [0.1, 0.15) is 5.52 Å². The number of fused-ring (bicyclic) bond motifs is 3. The number of para-hydroxylation sites is 1. The fraction of sp³-hybridized carbons (Fsp3) is 0.368. The van der Waals surface area contributed by atoms with E-state index in [9.17, 15) is 9.59 Å². The number of hydrogen-bond acceptors (Lipinski definition) is 6. The summed E-state index contributed by atoms with van der Waals surface area (Å²) in [5.74, 6) is 0.195. The largest absolute Gasteiger partial charge is 0.426 e. The fourth-order valence-corrected chi connectivity index (χ4v) is 2.94. The van der Waals surface area contributed by atoms with Crippen molar-refractivity contribution in [2.45, 2.75) is 40.5 Å². The van der Waals surface area contributed by atoms with Crippen LogP contribution in [0.1, 0.15) is 27.7 Å². The molecule has 0 radical (unpaired) electrons. The van der Waals surface area contributed by atoms with Crippen LogP contribution >= 0.6 is 0 Å². The van der Waals surface area contributed by atoms with Crippen molar-refractivity contribution in [1.29, 1.82) is 0 Å². The molecule has 3 aromatic rings. The highest BCUT2D eigenvalue weighted by Gasteiger charge is 2.18. The standard InChI is InChI=1S/C19H22N4O4/c1-11(2)9-23-10-20-16-17(23)14-7-5-6-8-15(14)21-18(16)22-19(25)27-13(4)26-12(3)24/h5-8,10-11,13H,9H2,1-4H3,(H,21,22,25). The molecule has 8 heteroatoms. The van der Waals surface area contributed by atoms with Crippen molar-refractivity contribution >= 4 is 39.8 Å². The van der Waals surface area contributed by atoms with Crippen molar-refractivity contribution in [3.05, 3.63) is 30.6 Å². The van der Waals surface area contributed by atoms with Crippen LogP contribution in [0.5, 0.6) is 0 Å². The molecule has 8 nitrogen and oxygen atoms in total. The maximum Gasteiger partial charge on any atom is 0.415 e. The van der Waals surface area contributed by atoms with E-state index in [1.54, 1.807) is 6.33 Å². The molecular formula is C19H22N4O4. The fourth-order valence-electron chi connectivity index (χ4n) is 2.94. The Balaban J connectivity index is 1.98. The molecule has 2 aromatic heterocycles. The van der Waals surface area contributed by atoms with Gasteiger partial charge in [-0.05, 0) is 12.0 Å². The van der Waals surface area contributed by atoms with Crippen molar-refractivity contribution in [2.75, 3.05) is 5.32 Å². The summed E-state index contributed by atoms with van der Waals surface area (Å²) in [4.78, 5) is 32.1. The van der Waals surface area contributed by atoms with Crippen LogP contribution < -0.4 is 5.32 Å². The number of aromatic nitrogens is 3. The lowest BCUT2D eigenvalue weighted by atomic mass is 10.1. The molecular weight excluding hydrogens is 348 g/mol. The van der Waals surface area contributed by atoms with E-state index in [2.05, 4.69) is 33.7 Å². The summed E-state index contributed by atoms with van der Waals surface area (Å²) >= 11 is 0. The van der Waals surface area contributed by atoms with Gasteiger partial charge >= 0.3 is 12.1 Å². The molecule has 0 fully saturated rings. The number of rotatable bonds is 5. The minimum absolute atomic E-state index is 0.297. The van der Waals surface area contributed by atoms with Gasteiger partial charge in [0.2, 0.25) is 6.29 Å². The average Bonchev–Trinajstić information content (AvgIpc) is 2.97. The Morgan fingerprint density at radius 2 is 1.93 bits per heavy atom. The number of esters is 1. The monoisotopic (exact) mass is 370 g/mol. The van der Waals surface area contributed by atoms with Gasteiger partial charge in [-0.2, -0.15) is 0 Å². The smallest absolute Gasteiger partial charge is 0.415 e. The van der Waals surface area contributed by atoms with Crippen LogP contribution in [0.25, 0.3) is 21.9 Å². The summed E-state index contributed by atoms with van der Waals surface area (Å²) in [6.45, 7) is 7.75. The lowest BCUT2D eigenvalue weighted by Gasteiger charge is -2.14. The van der Waals surface area contributed by atoms with Gasteiger partial charge in [-0.1, -0.05) is 32.0 Å². The Morgan fingerprint density at radius 1 is 1.19 bits per heavy atom. The van der Waals surface area contributed by atoms with Crippen molar-refractivity contribution in [3.8, 4) is 0 Å². The molecule has 0 aliphatic heterocycles. The van der Waals surface area contributed by atoms with E-state index >= 15 is 0 Å². The molecule has 0 spiro atoms. The molecule has 142 valence electrons. The number of carbonyl (C=O) groups is 2. The second kappa shape index (κ2) is 7.61. The Morgan fingerprint density at radius 3 is 2.63 bits per heavy atom. The minimum Gasteiger partial charge on any atom is -0.426 e. The summed E-state index contributed by atoms with van der Waals surface area (Å²) in [6, 6.07) is 7.68. The lowest BCUT2D eigenvalue weighted by Crippen LogP contribution is -2.24. The second-order valence-electron chi connectivity index (χ2n) is 6.67. The van der Waals surface area contributed by atoms with E-state index in [1.807, 2.05) is 24.3 Å². The number of pyridine rings is 1. The third-order valence-corrected chi connectivity index (χ3v) is 3.84. The number of benzene rings is 1. The molecule has 3 rings (SSSR count). The first-order valence-corrected chi connectivity index (χ1v) is 8.73. The average molecular weight is 370 g/mol. The van der Waals surface area contributed by atoms with Gasteiger partial charge in [0, 0.05) is 25.8 Å². The van der Waals surface area contributed by atoms with Crippen LogP contribution in [-0.4, -0.2) is 32.9 Å². The SMILES string of the molecule is CC(=O)OC(C)OC(=O)Nc1nc2ccccc2c2c1ncn2CC(C)C. The topological polar surface area (TPSA) is 95.3 Å². The normalized spacial score (nSPS) is 12.3. The van der Waals surface area contributed by atoms with E-state index in [4.69, 9.17) is 9.47 Å². The highest BCUT2D eigenvalue weighted by Crippen LogP contribution is 2.29. The minimum atomic E-state index is -1.00. The Hall–Kier alpha value is -3.16. The Bertz CT molecular complexity index is 996. The summed E-state index contributed by atoms with van der Waals surface area (Å²) in [6.07, 6.45) is -0.0280. The first-order chi connectivity index (χ1) is 12.8. The van der Waals surface area contributed by atoms with E-state index in [0.717, 1.165) is 23.0 Å². The number of ether oxygens (including phenoxy) is 2. The highest BCUT2D eigenvalue weighted by atomic mass is 16.7. The number of nitrogens with one attached hydrogen (secondary N) is 1. The Labute approximate surface area is 156 Å². The quantitative estimate of drug-likeness (QED) is 0.543. The summed E-state index contributed by atoms with van der Waals surface area (Å²) < 4.78 is 11.9. The van der Waals surface area contributed by atoms with Gasteiger partial charge in [-0.3, -0.25) is 10.1 Å². The van der Waals surface area contributed by atoms with E-state index in [1.165, 1.54) is 13.8 Å². The van der Waals surface area contributed by atoms with Gasteiger partial charge in [-0.15, -0.1) is 0 Å². The van der Waals surface area contributed by atoms with Crippen LogP contribution in [0.15, 0.2) is 30.6 Å². The van der Waals surface area contributed by atoms with Gasteiger partial charge in [0.05, 0.1) is 17.4 Å². The zero-order chi connectivity index (χ0) is 19.6. The molecule has 1 aromatic carbocycles. The van der Waals surface area contributed by atoms with Gasteiger partial charge in [-0.25, -0.2) is 14.8 Å². The zero-order valence-electron chi connectivity index (χ0n) is 15.7. The van der Waals surface area contributed by atoms with Crippen molar-refractivity contribution < 1.29 is 19.1 Å². The maximum absolute atomic E-state index is 12.2. The zero-order valence-corrected chi connectivity index (χ0v) is 15.7. The maximum atomic E-state index is 12.2. The third kappa shape index (κ3) is 4.16. The molecule has 1 unspecified atom stereocenters. The molecule has 0 saturated carbocycles. The highest BCUT2D eigenvalue weighted by molar-refractivity contribution is 6.08. The molecule has 0 bridgehead atoms. The molecule has 1 N–H and O–H groups in total. The van der Waals surface area contributed by atoms with E-state index in [-0.39, 0.29) is 0 Å². The molecule has 1 atom stereocenters. The Kier molecular flexibility index (Phi) is 5.25. The number of nitrogens with zero attached hydrogens (tertiary/aromatic N) is 3. The van der Waals surface area contributed by atoms with Crippen LogP contribution in [0.3, 0.4) is 0 Å². The van der Waals surface area contributed by atoms with Gasteiger partial charge < -0.3 is 14.0 Å². The number of hydrogen-bond donors (Lipinski definition) is 1. The van der Waals surface area contributed by atoms with Crippen molar-refractivity contribution in [2.24, 2.45) is 5.92 Å². The van der Waals surface area contributed by atoms with Crippen LogP contribution in [0, 0.1) is 5.92 Å². The lowest BCUT2D eigenvalue weighted by molar-refractivity contribution is -0.161. The summed E-state index contributed by atoms with van der Waals surface area (Å²) in [7, 11) is 0. The second-order valence-corrected chi connectivity index (χ2v) is 6.67. The first-order valence-electron chi connectivity index (χ1n) is 8.73. The van der Waals surface area contributed by atoms with Crippen molar-refractivity contribution in [1.82, 2.24) is 14.5 Å². The number of carbonyl (C=O) groups excluding carboxylic acids is 2. The summed E-state index contributed by atoms with van der Waals surface area (Å²) in [5, 5.41) is 3.56.